The third-order valence-electron chi connectivity index (χ3n) is 4.84. The number of hydrogen-bond donors (Lipinski definition) is 2. The second-order valence-electron chi connectivity index (χ2n) is 6.86. The summed E-state index contributed by atoms with van der Waals surface area (Å²) in [5.41, 5.74) is 11.1. The molecule has 0 unspecified atom stereocenters. The van der Waals surface area contributed by atoms with Gasteiger partial charge in [0.05, 0.1) is 6.61 Å². The lowest BCUT2D eigenvalue weighted by Crippen LogP contribution is -2.16. The van der Waals surface area contributed by atoms with Crippen LogP contribution in [0.5, 0.6) is 0 Å². The number of para-hydroxylation sites is 1. The number of nitrogens with two attached hydrogens (primary N) is 1. The Kier molecular flexibility index (Phi) is 5.84. The quantitative estimate of drug-likeness (QED) is 0.440. The van der Waals surface area contributed by atoms with Gasteiger partial charge in [-0.05, 0) is 29.8 Å². The highest BCUT2D eigenvalue weighted by Crippen LogP contribution is 2.33. The highest BCUT2D eigenvalue weighted by molar-refractivity contribution is 5.92. The fourth-order valence-corrected chi connectivity index (χ4v) is 3.42. The molecule has 0 amide bonds. The van der Waals surface area contributed by atoms with Gasteiger partial charge < -0.3 is 20.3 Å². The van der Waals surface area contributed by atoms with Crippen LogP contribution >= 0.6 is 0 Å². The first-order valence-corrected chi connectivity index (χ1v) is 9.64. The minimum Gasteiger partial charge on any atom is -0.383 e. The number of rotatable bonds is 8. The number of hydrogen-bond acceptors (Lipinski definition) is 6. The zero-order valence-corrected chi connectivity index (χ0v) is 16.3. The van der Waals surface area contributed by atoms with Crippen molar-refractivity contribution in [3.05, 3.63) is 78.0 Å². The number of nitrogens with one attached hydrogen (secondary N) is 1. The van der Waals surface area contributed by atoms with Gasteiger partial charge in [0.2, 0.25) is 0 Å². The van der Waals surface area contributed by atoms with Gasteiger partial charge in [0.25, 0.3) is 0 Å². The van der Waals surface area contributed by atoms with Gasteiger partial charge in [-0.2, -0.15) is 0 Å². The van der Waals surface area contributed by atoms with E-state index in [0.29, 0.717) is 19.6 Å². The Morgan fingerprint density at radius 3 is 2.76 bits per heavy atom. The zero-order chi connectivity index (χ0) is 20.1. The molecule has 0 aliphatic rings. The van der Waals surface area contributed by atoms with Crippen molar-refractivity contribution >= 4 is 16.8 Å². The van der Waals surface area contributed by atoms with E-state index in [1.54, 1.807) is 7.11 Å². The Morgan fingerprint density at radius 2 is 1.86 bits per heavy atom. The van der Waals surface area contributed by atoms with E-state index in [1.165, 1.54) is 0 Å². The molecule has 4 aromatic rings. The molecule has 0 saturated carbocycles. The van der Waals surface area contributed by atoms with Crippen LogP contribution in [0, 0.1) is 0 Å². The van der Waals surface area contributed by atoms with Crippen LogP contribution < -0.4 is 11.1 Å². The second-order valence-corrected chi connectivity index (χ2v) is 6.86. The number of methoxy groups -OCH3 is 1. The van der Waals surface area contributed by atoms with Crippen LogP contribution in [-0.4, -0.2) is 30.4 Å². The average Bonchev–Trinajstić information content (AvgIpc) is 3.18. The fraction of sp³-hybridized carbons (Fsp3) is 0.217. The maximum absolute atomic E-state index is 6.61. The van der Waals surface area contributed by atoms with Crippen molar-refractivity contribution in [1.82, 2.24) is 10.1 Å². The summed E-state index contributed by atoms with van der Waals surface area (Å²) >= 11 is 0. The van der Waals surface area contributed by atoms with Crippen LogP contribution in [0.25, 0.3) is 22.2 Å². The molecule has 4 rings (SSSR count). The van der Waals surface area contributed by atoms with E-state index >= 15 is 0 Å². The van der Waals surface area contributed by atoms with Crippen molar-refractivity contribution in [1.29, 1.82) is 0 Å². The van der Waals surface area contributed by atoms with E-state index < -0.39 is 0 Å². The summed E-state index contributed by atoms with van der Waals surface area (Å²) in [7, 11) is 1.68. The Balaban J connectivity index is 1.59. The minimum atomic E-state index is -0.219. The van der Waals surface area contributed by atoms with Gasteiger partial charge in [-0.25, -0.2) is 4.98 Å². The number of aromatic nitrogens is 2. The molecule has 29 heavy (non-hydrogen) atoms. The van der Waals surface area contributed by atoms with Crippen LogP contribution in [0.2, 0.25) is 0 Å². The van der Waals surface area contributed by atoms with Crippen molar-refractivity contribution in [3.8, 4) is 11.3 Å². The first kappa shape index (κ1) is 19.1. The number of fused-ring (bicyclic) bond motifs is 1. The number of benzene rings is 2. The maximum atomic E-state index is 6.61. The van der Waals surface area contributed by atoms with Crippen molar-refractivity contribution < 1.29 is 9.26 Å². The number of ether oxygens (including phenoxy) is 1. The van der Waals surface area contributed by atoms with E-state index in [-0.39, 0.29) is 6.04 Å². The van der Waals surface area contributed by atoms with Gasteiger partial charge in [-0.1, -0.05) is 47.6 Å². The van der Waals surface area contributed by atoms with E-state index in [1.807, 2.05) is 66.7 Å². The lowest BCUT2D eigenvalue weighted by molar-refractivity contribution is 0.210. The Labute approximate surface area is 169 Å². The summed E-state index contributed by atoms with van der Waals surface area (Å²) in [5, 5.41) is 8.54. The summed E-state index contributed by atoms with van der Waals surface area (Å²) in [6.45, 7) is 1.34. The summed E-state index contributed by atoms with van der Waals surface area (Å²) in [6.07, 6.45) is 0.618. The van der Waals surface area contributed by atoms with Crippen molar-refractivity contribution in [2.75, 3.05) is 25.6 Å². The van der Waals surface area contributed by atoms with Gasteiger partial charge in [0.15, 0.2) is 5.58 Å². The largest absolute Gasteiger partial charge is 0.383 e. The number of nitrogens with zero attached hydrogens (tertiary/aromatic N) is 2. The Morgan fingerprint density at radius 1 is 1.03 bits per heavy atom. The molecule has 0 aliphatic heterocycles. The van der Waals surface area contributed by atoms with Crippen molar-refractivity contribution in [2.24, 2.45) is 5.73 Å². The predicted molar refractivity (Wildman–Crippen MR) is 115 cm³/mol. The zero-order valence-electron chi connectivity index (χ0n) is 16.3. The average molecular weight is 388 g/mol. The summed E-state index contributed by atoms with van der Waals surface area (Å²) in [5.74, 6) is 0.822. The molecule has 6 heteroatoms. The highest BCUT2D eigenvalue weighted by Gasteiger charge is 2.18. The molecule has 2 aromatic heterocycles. The Bertz CT molecular complexity index is 1090. The van der Waals surface area contributed by atoms with Gasteiger partial charge in [-0.15, -0.1) is 0 Å². The van der Waals surface area contributed by atoms with Crippen molar-refractivity contribution in [2.45, 2.75) is 12.5 Å². The molecule has 0 aliphatic carbocycles. The topological polar surface area (TPSA) is 86.2 Å². The van der Waals surface area contributed by atoms with E-state index in [9.17, 15) is 0 Å². The smallest absolute Gasteiger partial charge is 0.167 e. The van der Waals surface area contributed by atoms with Gasteiger partial charge in [-0.3, -0.25) is 0 Å². The molecule has 1 atom stereocenters. The highest BCUT2D eigenvalue weighted by atomic mass is 16.5. The van der Waals surface area contributed by atoms with E-state index in [0.717, 1.165) is 39.3 Å². The van der Waals surface area contributed by atoms with Crippen LogP contribution in [0.1, 0.15) is 17.3 Å². The Hall–Kier alpha value is -3.22. The van der Waals surface area contributed by atoms with Crippen LogP contribution in [0.3, 0.4) is 0 Å². The molecule has 0 saturated heterocycles. The molecule has 2 aromatic carbocycles. The molecular weight excluding hydrogens is 364 g/mol. The summed E-state index contributed by atoms with van der Waals surface area (Å²) in [4.78, 5) is 4.67. The van der Waals surface area contributed by atoms with Gasteiger partial charge in [0.1, 0.15) is 11.5 Å². The van der Waals surface area contributed by atoms with E-state index in [4.69, 9.17) is 15.0 Å². The van der Waals surface area contributed by atoms with Crippen LogP contribution in [-0.2, 0) is 11.2 Å². The molecule has 0 spiro atoms. The predicted octanol–water partition coefficient (Wildman–Crippen LogP) is 4.19. The third kappa shape index (κ3) is 4.29. The molecule has 0 bridgehead atoms. The lowest BCUT2D eigenvalue weighted by Gasteiger charge is -2.16. The summed E-state index contributed by atoms with van der Waals surface area (Å²) < 4.78 is 10.6. The normalized spacial score (nSPS) is 12.2. The molecule has 0 fully saturated rings. The second kappa shape index (κ2) is 8.86. The van der Waals surface area contributed by atoms with Crippen LogP contribution in [0.15, 0.2) is 71.3 Å². The first-order chi connectivity index (χ1) is 14.3. The fourth-order valence-electron chi connectivity index (χ4n) is 3.42. The lowest BCUT2D eigenvalue weighted by atomic mass is 9.94. The maximum Gasteiger partial charge on any atom is 0.167 e. The SMILES string of the molecule is COCCNc1cccc(C[C@H](N)c2ccccc2-c2noc3ccccc23)n1. The monoisotopic (exact) mass is 388 g/mol. The third-order valence-corrected chi connectivity index (χ3v) is 4.84. The molecule has 6 nitrogen and oxygen atoms in total. The minimum absolute atomic E-state index is 0.219. The molecular formula is C23H24N4O2. The first-order valence-electron chi connectivity index (χ1n) is 9.64. The van der Waals surface area contributed by atoms with Crippen LogP contribution in [0.4, 0.5) is 5.82 Å². The molecule has 148 valence electrons. The molecule has 0 radical (unpaired) electrons. The molecule has 2 heterocycles. The van der Waals surface area contributed by atoms with Crippen molar-refractivity contribution in [3.63, 3.8) is 0 Å². The van der Waals surface area contributed by atoms with Gasteiger partial charge in [0, 0.05) is 42.8 Å². The van der Waals surface area contributed by atoms with Gasteiger partial charge >= 0.3 is 0 Å². The summed E-state index contributed by atoms with van der Waals surface area (Å²) in [6, 6.07) is 21.6. The standard InChI is InChI=1S/C23H24N4O2/c1-28-14-13-25-22-12-6-7-16(26-22)15-20(24)17-8-2-3-9-18(17)23-19-10-4-5-11-21(19)29-27-23/h2-12,20H,13-15,24H2,1H3,(H,25,26)/t20-/m0/s1. The number of anilines is 1. The number of pyridine rings is 1. The van der Waals surface area contributed by atoms with E-state index in [2.05, 4.69) is 15.5 Å². The molecule has 3 N–H and O–H groups in total.